The Morgan fingerprint density at radius 1 is 1.39 bits per heavy atom. The Kier molecular flexibility index (Phi) is 4.12. The maximum atomic E-state index is 12.1. The van der Waals surface area contributed by atoms with Gasteiger partial charge in [0.25, 0.3) is 0 Å². The number of ether oxygens (including phenoxy) is 1. The van der Waals surface area contributed by atoms with Gasteiger partial charge in [-0.05, 0) is 25.1 Å². The van der Waals surface area contributed by atoms with Gasteiger partial charge in [0, 0.05) is 13.1 Å². The summed E-state index contributed by atoms with van der Waals surface area (Å²) in [6.45, 7) is 1.81. The first-order valence-corrected chi connectivity index (χ1v) is 7.82. The van der Waals surface area contributed by atoms with Gasteiger partial charge in [-0.25, -0.2) is 9.67 Å². The van der Waals surface area contributed by atoms with E-state index in [0.717, 1.165) is 15.2 Å². The van der Waals surface area contributed by atoms with Crippen molar-refractivity contribution in [3.63, 3.8) is 0 Å². The van der Waals surface area contributed by atoms with Crippen LogP contribution in [0.25, 0.3) is 16.3 Å². The van der Waals surface area contributed by atoms with Gasteiger partial charge in [0.2, 0.25) is 11.8 Å². The molecule has 0 aliphatic carbocycles. The van der Waals surface area contributed by atoms with Crippen LogP contribution in [-0.4, -0.2) is 27.8 Å². The van der Waals surface area contributed by atoms with Crippen LogP contribution in [-0.2, 0) is 11.8 Å². The number of carbonyl (C=O) groups excluding carboxylic acids is 1. The highest BCUT2D eigenvalue weighted by atomic mass is 32.1. The molecule has 0 saturated heterocycles. The summed E-state index contributed by atoms with van der Waals surface area (Å²) in [5, 5.41) is 7.81. The van der Waals surface area contributed by atoms with E-state index < -0.39 is 0 Å². The number of para-hydroxylation sites is 1. The number of fused-ring (bicyclic) bond motifs is 1. The Morgan fingerprint density at radius 2 is 2.17 bits per heavy atom. The molecule has 1 aromatic carbocycles. The molecule has 118 valence electrons. The molecule has 3 rings (SSSR count). The number of nitrogens with one attached hydrogen (secondary N) is 1. The predicted molar refractivity (Wildman–Crippen MR) is 91.8 cm³/mol. The third kappa shape index (κ3) is 3.09. The fourth-order valence-corrected chi connectivity index (χ4v) is 3.16. The normalized spacial score (nSPS) is 11.3. The smallest absolute Gasteiger partial charge is 0.248 e. The Labute approximate surface area is 137 Å². The zero-order valence-corrected chi connectivity index (χ0v) is 13.8. The number of benzene rings is 1. The van der Waals surface area contributed by atoms with Gasteiger partial charge in [-0.15, -0.1) is 11.3 Å². The number of aromatic nitrogens is 3. The van der Waals surface area contributed by atoms with Crippen molar-refractivity contribution in [1.82, 2.24) is 14.8 Å². The van der Waals surface area contributed by atoms with E-state index in [2.05, 4.69) is 15.4 Å². The molecule has 1 N–H and O–H groups in total. The van der Waals surface area contributed by atoms with E-state index in [1.165, 1.54) is 6.08 Å². The third-order valence-electron chi connectivity index (χ3n) is 3.30. The molecule has 3 aromatic rings. The van der Waals surface area contributed by atoms with Crippen molar-refractivity contribution in [2.75, 3.05) is 12.4 Å². The summed E-state index contributed by atoms with van der Waals surface area (Å²) in [5.74, 6) is 0.267. The van der Waals surface area contributed by atoms with Crippen LogP contribution in [0.4, 0.5) is 5.69 Å². The number of carbonyl (C=O) groups is 1. The van der Waals surface area contributed by atoms with Crippen molar-refractivity contribution in [2.24, 2.45) is 7.05 Å². The molecule has 0 radical (unpaired) electrons. The molecule has 0 aliphatic rings. The maximum absolute atomic E-state index is 12.1. The second kappa shape index (κ2) is 6.21. The molecular weight excluding hydrogens is 312 g/mol. The first kappa shape index (κ1) is 15.2. The minimum absolute atomic E-state index is 0.251. The van der Waals surface area contributed by atoms with Crippen LogP contribution in [0.15, 0.2) is 30.3 Å². The Morgan fingerprint density at radius 3 is 2.91 bits per heavy atom. The van der Waals surface area contributed by atoms with Crippen molar-refractivity contribution < 1.29 is 9.53 Å². The fourth-order valence-electron chi connectivity index (χ4n) is 2.29. The lowest BCUT2D eigenvalue weighted by atomic mass is 10.3. The molecule has 0 fully saturated rings. The van der Waals surface area contributed by atoms with Gasteiger partial charge in [-0.1, -0.05) is 12.1 Å². The zero-order valence-electron chi connectivity index (χ0n) is 13.0. The summed E-state index contributed by atoms with van der Waals surface area (Å²) in [7, 11) is 3.31. The van der Waals surface area contributed by atoms with Crippen LogP contribution in [0, 0.1) is 6.92 Å². The highest BCUT2D eigenvalue weighted by molar-refractivity contribution is 7.19. The Balaban J connectivity index is 1.76. The van der Waals surface area contributed by atoms with Crippen LogP contribution in [0.2, 0.25) is 0 Å². The molecule has 1 amide bonds. The SMILES string of the molecule is COc1c(NC(=O)/C=C\c2nc3ccccc3s2)c(C)nn1C. The summed E-state index contributed by atoms with van der Waals surface area (Å²) in [6, 6.07) is 7.87. The van der Waals surface area contributed by atoms with Gasteiger partial charge in [0.15, 0.2) is 0 Å². The van der Waals surface area contributed by atoms with Crippen LogP contribution in [0.5, 0.6) is 5.88 Å². The third-order valence-corrected chi connectivity index (χ3v) is 4.30. The number of anilines is 1. The van der Waals surface area contributed by atoms with Crippen molar-refractivity contribution in [1.29, 1.82) is 0 Å². The number of methoxy groups -OCH3 is 1. The monoisotopic (exact) mass is 328 g/mol. The lowest BCUT2D eigenvalue weighted by Crippen LogP contribution is -2.09. The van der Waals surface area contributed by atoms with Gasteiger partial charge >= 0.3 is 0 Å². The van der Waals surface area contributed by atoms with Crippen molar-refractivity contribution >= 4 is 39.2 Å². The second-order valence-corrected chi connectivity index (χ2v) is 6.00. The van der Waals surface area contributed by atoms with E-state index in [1.807, 2.05) is 31.2 Å². The number of nitrogens with zero attached hydrogens (tertiary/aromatic N) is 3. The molecule has 0 unspecified atom stereocenters. The average Bonchev–Trinajstić information content (AvgIpc) is 3.06. The van der Waals surface area contributed by atoms with Crippen LogP contribution in [0.1, 0.15) is 10.7 Å². The number of rotatable bonds is 4. The largest absolute Gasteiger partial charge is 0.480 e. The highest BCUT2D eigenvalue weighted by Crippen LogP contribution is 2.27. The van der Waals surface area contributed by atoms with Crippen LogP contribution in [0.3, 0.4) is 0 Å². The van der Waals surface area contributed by atoms with E-state index in [-0.39, 0.29) is 5.91 Å². The van der Waals surface area contributed by atoms with E-state index in [9.17, 15) is 4.79 Å². The van der Waals surface area contributed by atoms with Crippen molar-refractivity contribution in [3.8, 4) is 5.88 Å². The summed E-state index contributed by atoms with van der Waals surface area (Å²) in [6.07, 6.45) is 3.17. The molecular formula is C16H16N4O2S. The van der Waals surface area contributed by atoms with E-state index >= 15 is 0 Å². The molecule has 2 aromatic heterocycles. The molecule has 23 heavy (non-hydrogen) atoms. The lowest BCUT2D eigenvalue weighted by Gasteiger charge is -2.04. The first-order valence-electron chi connectivity index (χ1n) is 7.00. The van der Waals surface area contributed by atoms with Gasteiger partial charge < -0.3 is 10.1 Å². The number of amides is 1. The van der Waals surface area contributed by atoms with Gasteiger partial charge in [0.1, 0.15) is 10.7 Å². The van der Waals surface area contributed by atoms with E-state index in [1.54, 1.807) is 36.3 Å². The standard InChI is InChI=1S/C16H16N4O2S/c1-10-15(16(22-3)20(2)19-10)18-13(21)8-9-14-17-11-6-4-5-7-12(11)23-14/h4-9H,1-3H3,(H,18,21)/b9-8-. The number of hydrogen-bond acceptors (Lipinski definition) is 5. The minimum atomic E-state index is -0.251. The Bertz CT molecular complexity index is 862. The van der Waals surface area contributed by atoms with Gasteiger partial charge in [-0.3, -0.25) is 4.79 Å². The van der Waals surface area contributed by atoms with Crippen LogP contribution >= 0.6 is 11.3 Å². The maximum Gasteiger partial charge on any atom is 0.248 e. The highest BCUT2D eigenvalue weighted by Gasteiger charge is 2.15. The molecule has 0 bridgehead atoms. The fraction of sp³-hybridized carbons (Fsp3) is 0.188. The number of aryl methyl sites for hydroxylation is 2. The molecule has 7 heteroatoms. The van der Waals surface area contributed by atoms with Crippen LogP contribution < -0.4 is 10.1 Å². The zero-order chi connectivity index (χ0) is 16.4. The molecule has 0 saturated carbocycles. The van der Waals surface area contributed by atoms with Gasteiger partial charge in [0.05, 0.1) is 23.0 Å². The predicted octanol–water partition coefficient (Wildman–Crippen LogP) is 3.00. The van der Waals surface area contributed by atoms with E-state index in [4.69, 9.17) is 4.74 Å². The summed E-state index contributed by atoms with van der Waals surface area (Å²) in [4.78, 5) is 16.6. The topological polar surface area (TPSA) is 69.0 Å². The summed E-state index contributed by atoms with van der Waals surface area (Å²) < 4.78 is 7.93. The molecule has 0 aliphatic heterocycles. The van der Waals surface area contributed by atoms with Crippen molar-refractivity contribution in [3.05, 3.63) is 41.0 Å². The molecule has 0 atom stereocenters. The minimum Gasteiger partial charge on any atom is -0.480 e. The average molecular weight is 328 g/mol. The number of thiazole rings is 1. The van der Waals surface area contributed by atoms with Gasteiger partial charge in [-0.2, -0.15) is 5.10 Å². The Hall–Kier alpha value is -2.67. The van der Waals surface area contributed by atoms with E-state index in [0.29, 0.717) is 17.3 Å². The summed E-state index contributed by atoms with van der Waals surface area (Å²) in [5.41, 5.74) is 2.21. The second-order valence-electron chi connectivity index (χ2n) is 4.94. The number of hydrogen-bond donors (Lipinski definition) is 1. The lowest BCUT2D eigenvalue weighted by molar-refractivity contribution is -0.111. The summed E-state index contributed by atoms with van der Waals surface area (Å²) >= 11 is 1.54. The molecule has 2 heterocycles. The molecule has 0 spiro atoms. The molecule has 6 nitrogen and oxygen atoms in total. The quantitative estimate of drug-likeness (QED) is 0.748. The first-order chi connectivity index (χ1) is 11.1. The van der Waals surface area contributed by atoms with Crippen molar-refractivity contribution in [2.45, 2.75) is 6.92 Å².